The third-order valence-electron chi connectivity index (χ3n) is 4.11. The Morgan fingerprint density at radius 2 is 2.04 bits per heavy atom. The number of carbonyl (C=O) groups excluding carboxylic acids is 1. The Bertz CT molecular complexity index is 1010. The Hall–Kier alpha value is -3.48. The molecular weight excluding hydrogens is 330 g/mol. The molecule has 0 unspecified atom stereocenters. The Kier molecular flexibility index (Phi) is 4.18. The molecule has 2 N–H and O–H groups in total. The molecule has 3 heterocycles. The van der Waals surface area contributed by atoms with Gasteiger partial charge < -0.3 is 14.8 Å². The Morgan fingerprint density at radius 3 is 2.81 bits per heavy atom. The molecule has 0 aliphatic rings. The fourth-order valence-electron chi connectivity index (χ4n) is 2.75. The molecule has 7 nitrogen and oxygen atoms in total. The van der Waals surface area contributed by atoms with E-state index < -0.39 is 0 Å². The molecule has 0 aliphatic carbocycles. The van der Waals surface area contributed by atoms with Crippen LogP contribution in [0.2, 0.25) is 0 Å². The number of hydrogen-bond donors (Lipinski definition) is 2. The van der Waals surface area contributed by atoms with Crippen molar-refractivity contribution in [1.82, 2.24) is 25.4 Å². The summed E-state index contributed by atoms with van der Waals surface area (Å²) in [5.41, 5.74) is 2.98. The molecule has 1 atom stereocenters. The van der Waals surface area contributed by atoms with E-state index in [0.717, 1.165) is 11.0 Å². The lowest BCUT2D eigenvalue weighted by Crippen LogP contribution is -2.28. The summed E-state index contributed by atoms with van der Waals surface area (Å²) in [5.74, 6) is 0.513. The third-order valence-corrected chi connectivity index (χ3v) is 4.11. The number of amides is 1. The van der Waals surface area contributed by atoms with Gasteiger partial charge in [-0.05, 0) is 30.7 Å². The number of H-pyrrole nitrogens is 1. The lowest BCUT2D eigenvalue weighted by atomic mass is 10.2. The van der Waals surface area contributed by atoms with Gasteiger partial charge in [-0.15, -0.1) is 0 Å². The van der Waals surface area contributed by atoms with Crippen LogP contribution in [0.4, 0.5) is 0 Å². The second kappa shape index (κ2) is 6.79. The van der Waals surface area contributed by atoms with E-state index in [2.05, 4.69) is 25.4 Å². The summed E-state index contributed by atoms with van der Waals surface area (Å²) in [6.07, 6.45) is 2.35. The molecule has 1 aromatic carbocycles. The standard InChI is InChI=1S/C19H17N5O2/c1-2-12(18-21-14-8-3-4-9-15(14)22-18)23-19(25)17-11-16(24-26-17)13-7-5-6-10-20-13/h3-12H,2H2,1H3,(H,21,22)(H,23,25)/t12-/m1/s1. The summed E-state index contributed by atoms with van der Waals surface area (Å²) in [6, 6.07) is 14.6. The summed E-state index contributed by atoms with van der Waals surface area (Å²) in [7, 11) is 0. The lowest BCUT2D eigenvalue weighted by Gasteiger charge is -2.13. The number of benzene rings is 1. The number of aromatic nitrogens is 4. The molecule has 1 amide bonds. The van der Waals surface area contributed by atoms with Gasteiger partial charge in [-0.25, -0.2) is 4.98 Å². The lowest BCUT2D eigenvalue weighted by molar-refractivity contribution is 0.0896. The van der Waals surface area contributed by atoms with Gasteiger partial charge >= 0.3 is 0 Å². The first-order chi connectivity index (χ1) is 12.7. The maximum absolute atomic E-state index is 12.5. The van der Waals surface area contributed by atoms with E-state index in [1.165, 1.54) is 0 Å². The van der Waals surface area contributed by atoms with Gasteiger partial charge in [0.2, 0.25) is 5.76 Å². The number of hydrogen-bond acceptors (Lipinski definition) is 5. The van der Waals surface area contributed by atoms with Crippen molar-refractivity contribution < 1.29 is 9.32 Å². The highest BCUT2D eigenvalue weighted by molar-refractivity contribution is 5.92. The molecule has 3 aromatic heterocycles. The van der Waals surface area contributed by atoms with E-state index in [1.54, 1.807) is 12.3 Å². The van der Waals surface area contributed by atoms with Crippen LogP contribution < -0.4 is 5.32 Å². The first-order valence-electron chi connectivity index (χ1n) is 8.38. The highest BCUT2D eigenvalue weighted by Gasteiger charge is 2.21. The molecule has 0 radical (unpaired) electrons. The van der Waals surface area contributed by atoms with E-state index in [-0.39, 0.29) is 17.7 Å². The largest absolute Gasteiger partial charge is 0.350 e. The summed E-state index contributed by atoms with van der Waals surface area (Å²) in [6.45, 7) is 1.98. The average molecular weight is 347 g/mol. The summed E-state index contributed by atoms with van der Waals surface area (Å²) in [4.78, 5) is 24.6. The molecule has 4 rings (SSSR count). The maximum atomic E-state index is 12.5. The van der Waals surface area contributed by atoms with Crippen molar-refractivity contribution in [1.29, 1.82) is 0 Å². The summed E-state index contributed by atoms with van der Waals surface area (Å²) in [5, 5.41) is 6.86. The van der Waals surface area contributed by atoms with Crippen molar-refractivity contribution in [3.63, 3.8) is 0 Å². The molecule has 26 heavy (non-hydrogen) atoms. The van der Waals surface area contributed by atoms with Crippen LogP contribution in [0.15, 0.2) is 59.3 Å². The normalized spacial score (nSPS) is 12.2. The van der Waals surface area contributed by atoms with Crippen molar-refractivity contribution in [3.8, 4) is 11.4 Å². The van der Waals surface area contributed by atoms with Crippen molar-refractivity contribution in [3.05, 3.63) is 66.3 Å². The minimum atomic E-state index is -0.341. The van der Waals surface area contributed by atoms with Crippen LogP contribution in [0.3, 0.4) is 0 Å². The van der Waals surface area contributed by atoms with Gasteiger partial charge in [-0.3, -0.25) is 9.78 Å². The van der Waals surface area contributed by atoms with E-state index in [4.69, 9.17) is 4.52 Å². The molecule has 0 saturated heterocycles. The molecule has 0 fully saturated rings. The van der Waals surface area contributed by atoms with Crippen LogP contribution in [0.1, 0.15) is 35.8 Å². The number of aromatic amines is 1. The Labute approximate surface area is 149 Å². The van der Waals surface area contributed by atoms with Crippen LogP contribution in [-0.2, 0) is 0 Å². The van der Waals surface area contributed by atoms with Crippen LogP contribution >= 0.6 is 0 Å². The van der Waals surface area contributed by atoms with Crippen molar-refractivity contribution >= 4 is 16.9 Å². The highest BCUT2D eigenvalue weighted by Crippen LogP contribution is 2.20. The van der Waals surface area contributed by atoms with Gasteiger partial charge in [-0.1, -0.05) is 30.3 Å². The Balaban J connectivity index is 1.53. The second-order valence-corrected chi connectivity index (χ2v) is 5.86. The number of rotatable bonds is 5. The van der Waals surface area contributed by atoms with Crippen molar-refractivity contribution in [2.24, 2.45) is 0 Å². The smallest absolute Gasteiger partial charge is 0.290 e. The number of nitrogens with zero attached hydrogens (tertiary/aromatic N) is 3. The quantitative estimate of drug-likeness (QED) is 0.576. The van der Waals surface area contributed by atoms with E-state index in [1.807, 2.05) is 49.4 Å². The number of para-hydroxylation sites is 2. The monoisotopic (exact) mass is 347 g/mol. The van der Waals surface area contributed by atoms with Gasteiger partial charge in [0.25, 0.3) is 5.91 Å². The molecule has 0 spiro atoms. The van der Waals surface area contributed by atoms with Crippen molar-refractivity contribution in [2.75, 3.05) is 0 Å². The van der Waals surface area contributed by atoms with Gasteiger partial charge in [0.1, 0.15) is 11.5 Å². The zero-order valence-corrected chi connectivity index (χ0v) is 14.1. The number of nitrogens with one attached hydrogen (secondary N) is 2. The number of carbonyl (C=O) groups is 1. The van der Waals surface area contributed by atoms with Crippen molar-refractivity contribution in [2.45, 2.75) is 19.4 Å². The number of pyridine rings is 1. The second-order valence-electron chi connectivity index (χ2n) is 5.86. The van der Waals surface area contributed by atoms with Gasteiger partial charge in [0.15, 0.2) is 0 Å². The Morgan fingerprint density at radius 1 is 1.19 bits per heavy atom. The van der Waals surface area contributed by atoms with Gasteiger partial charge in [0.05, 0.1) is 22.8 Å². The van der Waals surface area contributed by atoms with E-state index in [0.29, 0.717) is 23.6 Å². The van der Waals surface area contributed by atoms with Crippen LogP contribution in [-0.4, -0.2) is 26.0 Å². The predicted octanol–water partition coefficient (Wildman–Crippen LogP) is 3.49. The fraction of sp³-hybridized carbons (Fsp3) is 0.158. The van der Waals surface area contributed by atoms with Gasteiger partial charge in [0, 0.05) is 12.3 Å². The topological polar surface area (TPSA) is 96.7 Å². The van der Waals surface area contributed by atoms with E-state index >= 15 is 0 Å². The number of imidazole rings is 1. The summed E-state index contributed by atoms with van der Waals surface area (Å²) < 4.78 is 5.19. The van der Waals surface area contributed by atoms with E-state index in [9.17, 15) is 4.79 Å². The van der Waals surface area contributed by atoms with Gasteiger partial charge in [-0.2, -0.15) is 0 Å². The fourth-order valence-corrected chi connectivity index (χ4v) is 2.75. The SMILES string of the molecule is CC[C@@H](NC(=O)c1cc(-c2ccccn2)no1)c1nc2ccccc2[nH]1. The van der Waals surface area contributed by atoms with Crippen LogP contribution in [0.5, 0.6) is 0 Å². The first-order valence-corrected chi connectivity index (χ1v) is 8.38. The molecular formula is C19H17N5O2. The molecule has 130 valence electrons. The minimum Gasteiger partial charge on any atom is -0.350 e. The summed E-state index contributed by atoms with van der Waals surface area (Å²) >= 11 is 0. The number of fused-ring (bicyclic) bond motifs is 1. The third kappa shape index (κ3) is 3.06. The van der Waals surface area contributed by atoms with Crippen LogP contribution in [0.25, 0.3) is 22.4 Å². The first kappa shape index (κ1) is 16.0. The zero-order chi connectivity index (χ0) is 17.9. The maximum Gasteiger partial charge on any atom is 0.290 e. The van der Waals surface area contributed by atoms with Crippen LogP contribution in [0, 0.1) is 0 Å². The highest BCUT2D eigenvalue weighted by atomic mass is 16.5. The molecule has 0 saturated carbocycles. The molecule has 4 aromatic rings. The average Bonchev–Trinajstić information content (AvgIpc) is 3.33. The molecule has 0 aliphatic heterocycles. The predicted molar refractivity (Wildman–Crippen MR) is 96.3 cm³/mol. The minimum absolute atomic E-state index is 0.139. The molecule has 0 bridgehead atoms. The zero-order valence-electron chi connectivity index (χ0n) is 14.1. The molecule has 7 heteroatoms.